The van der Waals surface area contributed by atoms with Gasteiger partial charge in [-0.2, -0.15) is 0 Å². The molecule has 2 aromatic rings. The van der Waals surface area contributed by atoms with E-state index in [1.54, 1.807) is 18.3 Å². The second kappa shape index (κ2) is 5.10. The number of nitrogens with one attached hydrogen (secondary N) is 1. The molecule has 1 N–H and O–H groups in total. The smallest absolute Gasteiger partial charge is 0.256 e. The van der Waals surface area contributed by atoms with Gasteiger partial charge in [-0.3, -0.25) is 4.79 Å². The highest BCUT2D eigenvalue weighted by molar-refractivity contribution is 6.04. The fourth-order valence-electron chi connectivity index (χ4n) is 2.13. The normalized spacial score (nSPS) is 13.3. The van der Waals surface area contributed by atoms with Gasteiger partial charge in [-0.05, 0) is 48.7 Å². The summed E-state index contributed by atoms with van der Waals surface area (Å²) in [6, 6.07) is 11.0. The lowest BCUT2D eigenvalue weighted by atomic mass is 10.0. The molecular weight excluding hydrogens is 240 g/mol. The molecule has 2 heterocycles. The van der Waals surface area contributed by atoms with Crippen molar-refractivity contribution < 1.29 is 9.53 Å². The van der Waals surface area contributed by atoms with E-state index in [-0.39, 0.29) is 5.91 Å². The van der Waals surface area contributed by atoms with Crippen LogP contribution in [0.25, 0.3) is 0 Å². The van der Waals surface area contributed by atoms with Crippen LogP contribution in [0, 0.1) is 0 Å². The average molecular weight is 254 g/mol. The Kier molecular flexibility index (Phi) is 3.14. The van der Waals surface area contributed by atoms with Crippen LogP contribution in [-0.4, -0.2) is 17.5 Å². The second-order valence-corrected chi connectivity index (χ2v) is 4.44. The Morgan fingerprint density at radius 3 is 3.05 bits per heavy atom. The number of aromatic nitrogens is 1. The molecule has 0 atom stereocenters. The number of ether oxygens (including phenoxy) is 1. The Balaban J connectivity index is 1.80. The maximum atomic E-state index is 12.1. The van der Waals surface area contributed by atoms with E-state index in [4.69, 9.17) is 4.74 Å². The number of amides is 1. The van der Waals surface area contributed by atoms with Gasteiger partial charge >= 0.3 is 0 Å². The highest BCUT2D eigenvalue weighted by Gasteiger charge is 2.13. The zero-order chi connectivity index (χ0) is 13.1. The summed E-state index contributed by atoms with van der Waals surface area (Å²) in [7, 11) is 0. The van der Waals surface area contributed by atoms with Crippen LogP contribution >= 0.6 is 0 Å². The van der Waals surface area contributed by atoms with E-state index in [1.807, 2.05) is 24.3 Å². The third-order valence-electron chi connectivity index (χ3n) is 3.08. The number of carbonyl (C=O) groups is 1. The van der Waals surface area contributed by atoms with E-state index in [2.05, 4.69) is 10.3 Å². The number of rotatable bonds is 2. The van der Waals surface area contributed by atoms with E-state index < -0.39 is 0 Å². The van der Waals surface area contributed by atoms with Crippen molar-refractivity contribution in [1.29, 1.82) is 0 Å². The molecule has 0 saturated heterocycles. The lowest BCUT2D eigenvalue weighted by Crippen LogP contribution is -2.14. The van der Waals surface area contributed by atoms with Crippen molar-refractivity contribution in [2.45, 2.75) is 12.8 Å². The predicted octanol–water partition coefficient (Wildman–Crippen LogP) is 2.66. The third kappa shape index (κ3) is 2.57. The van der Waals surface area contributed by atoms with Gasteiger partial charge in [-0.1, -0.05) is 6.07 Å². The van der Waals surface area contributed by atoms with Gasteiger partial charge in [-0.25, -0.2) is 4.98 Å². The molecule has 0 radical (unpaired) electrons. The summed E-state index contributed by atoms with van der Waals surface area (Å²) in [5.74, 6) is 1.30. The standard InChI is InChI=1S/C15H14N2O2/c18-15(17-14-5-1-2-8-16-14)12-6-7-13-11(10-12)4-3-9-19-13/h1-2,5-8,10H,3-4,9H2,(H,16,17,18). The van der Waals surface area contributed by atoms with Gasteiger partial charge < -0.3 is 10.1 Å². The highest BCUT2D eigenvalue weighted by Crippen LogP contribution is 2.25. The number of carbonyl (C=O) groups excluding carboxylic acids is 1. The summed E-state index contributed by atoms with van der Waals surface area (Å²) in [6.45, 7) is 0.756. The maximum absolute atomic E-state index is 12.1. The summed E-state index contributed by atoms with van der Waals surface area (Å²) in [5.41, 5.74) is 1.73. The first-order valence-electron chi connectivity index (χ1n) is 6.31. The van der Waals surface area contributed by atoms with Crippen LogP contribution in [0.3, 0.4) is 0 Å². The van der Waals surface area contributed by atoms with Crippen LogP contribution in [0.5, 0.6) is 5.75 Å². The van der Waals surface area contributed by atoms with E-state index in [0.717, 1.165) is 30.8 Å². The zero-order valence-corrected chi connectivity index (χ0v) is 10.4. The van der Waals surface area contributed by atoms with Crippen LogP contribution in [0.4, 0.5) is 5.82 Å². The van der Waals surface area contributed by atoms with Gasteiger partial charge in [0.2, 0.25) is 0 Å². The number of hydrogen-bond donors (Lipinski definition) is 1. The monoisotopic (exact) mass is 254 g/mol. The van der Waals surface area contributed by atoms with Crippen LogP contribution in [-0.2, 0) is 6.42 Å². The van der Waals surface area contributed by atoms with E-state index in [1.165, 1.54) is 0 Å². The van der Waals surface area contributed by atoms with Crippen LogP contribution in [0.1, 0.15) is 22.3 Å². The highest BCUT2D eigenvalue weighted by atomic mass is 16.5. The van der Waals surface area contributed by atoms with Gasteiger partial charge in [0, 0.05) is 11.8 Å². The van der Waals surface area contributed by atoms with Gasteiger partial charge in [0.1, 0.15) is 11.6 Å². The minimum atomic E-state index is -0.146. The molecule has 0 unspecified atom stereocenters. The molecule has 1 aromatic heterocycles. The van der Waals surface area contributed by atoms with Crippen molar-refractivity contribution in [3.8, 4) is 5.75 Å². The molecule has 0 fully saturated rings. The predicted molar refractivity (Wildman–Crippen MR) is 72.4 cm³/mol. The van der Waals surface area contributed by atoms with E-state index >= 15 is 0 Å². The van der Waals surface area contributed by atoms with Gasteiger partial charge in [0.15, 0.2) is 0 Å². The van der Waals surface area contributed by atoms with Crippen molar-refractivity contribution in [3.05, 3.63) is 53.7 Å². The van der Waals surface area contributed by atoms with Crippen molar-refractivity contribution in [3.63, 3.8) is 0 Å². The molecule has 1 aromatic carbocycles. The summed E-state index contributed by atoms with van der Waals surface area (Å²) in [6.07, 6.45) is 3.61. The molecule has 4 nitrogen and oxygen atoms in total. The van der Waals surface area contributed by atoms with Crippen molar-refractivity contribution in [2.24, 2.45) is 0 Å². The minimum absolute atomic E-state index is 0.146. The number of fused-ring (bicyclic) bond motifs is 1. The number of anilines is 1. The fourth-order valence-corrected chi connectivity index (χ4v) is 2.13. The summed E-state index contributed by atoms with van der Waals surface area (Å²) >= 11 is 0. The largest absolute Gasteiger partial charge is 0.493 e. The quantitative estimate of drug-likeness (QED) is 0.896. The Hall–Kier alpha value is -2.36. The molecule has 1 amide bonds. The lowest BCUT2D eigenvalue weighted by Gasteiger charge is -2.17. The van der Waals surface area contributed by atoms with Gasteiger partial charge in [0.25, 0.3) is 5.91 Å². The maximum Gasteiger partial charge on any atom is 0.256 e. The van der Waals surface area contributed by atoms with Crippen molar-refractivity contribution in [1.82, 2.24) is 4.98 Å². The third-order valence-corrected chi connectivity index (χ3v) is 3.08. The lowest BCUT2D eigenvalue weighted by molar-refractivity contribution is 0.102. The van der Waals surface area contributed by atoms with E-state index in [9.17, 15) is 4.79 Å². The van der Waals surface area contributed by atoms with Crippen LogP contribution < -0.4 is 10.1 Å². The average Bonchev–Trinajstić information content (AvgIpc) is 2.48. The topological polar surface area (TPSA) is 51.2 Å². The van der Waals surface area contributed by atoms with Crippen LogP contribution in [0.15, 0.2) is 42.6 Å². The Morgan fingerprint density at radius 2 is 2.21 bits per heavy atom. The molecule has 1 aliphatic rings. The second-order valence-electron chi connectivity index (χ2n) is 4.44. The number of aryl methyl sites for hydroxylation is 1. The number of nitrogens with zero attached hydrogens (tertiary/aromatic N) is 1. The molecule has 0 spiro atoms. The first-order chi connectivity index (χ1) is 9.33. The Bertz CT molecular complexity index is 596. The first kappa shape index (κ1) is 11.7. The van der Waals surface area contributed by atoms with E-state index in [0.29, 0.717) is 11.4 Å². The molecule has 4 heteroatoms. The minimum Gasteiger partial charge on any atom is -0.493 e. The SMILES string of the molecule is O=C(Nc1ccccn1)c1ccc2c(c1)CCCO2. The summed E-state index contributed by atoms with van der Waals surface area (Å²) < 4.78 is 5.53. The Labute approximate surface area is 111 Å². The molecule has 1 aliphatic heterocycles. The molecule has 19 heavy (non-hydrogen) atoms. The molecular formula is C15H14N2O2. The summed E-state index contributed by atoms with van der Waals surface area (Å²) in [4.78, 5) is 16.2. The fraction of sp³-hybridized carbons (Fsp3) is 0.200. The van der Waals surface area contributed by atoms with Gasteiger partial charge in [-0.15, -0.1) is 0 Å². The number of benzene rings is 1. The molecule has 0 bridgehead atoms. The number of pyridine rings is 1. The Morgan fingerprint density at radius 1 is 1.26 bits per heavy atom. The van der Waals surface area contributed by atoms with Gasteiger partial charge in [0.05, 0.1) is 6.61 Å². The summed E-state index contributed by atoms with van der Waals surface area (Å²) in [5, 5.41) is 2.77. The van der Waals surface area contributed by atoms with Crippen molar-refractivity contribution in [2.75, 3.05) is 11.9 Å². The number of hydrogen-bond acceptors (Lipinski definition) is 3. The molecule has 0 saturated carbocycles. The first-order valence-corrected chi connectivity index (χ1v) is 6.31. The molecule has 0 aliphatic carbocycles. The van der Waals surface area contributed by atoms with Crippen LogP contribution in [0.2, 0.25) is 0 Å². The molecule has 3 rings (SSSR count). The zero-order valence-electron chi connectivity index (χ0n) is 10.4. The van der Waals surface area contributed by atoms with Crippen molar-refractivity contribution >= 4 is 11.7 Å². The molecule has 96 valence electrons.